The average Bonchev–Trinajstić information content (AvgIpc) is 4.18. The first kappa shape index (κ1) is 63.3. The summed E-state index contributed by atoms with van der Waals surface area (Å²) in [4.78, 5) is 15.4. The number of nitrogens with zero attached hydrogens (tertiary/aromatic N) is 11. The third kappa shape index (κ3) is 22.4. The molecule has 8 aromatic rings. The van der Waals surface area contributed by atoms with Crippen molar-refractivity contribution in [1.82, 2.24) is 39.6 Å². The van der Waals surface area contributed by atoms with Crippen LogP contribution in [0.2, 0.25) is 5.02 Å². The fourth-order valence-corrected chi connectivity index (χ4v) is 6.24. The number of aromatic nitrogens is 8. The number of anilines is 1. The number of nitrogen functional groups attached to an aromatic ring is 1. The second-order valence-corrected chi connectivity index (χ2v) is 15.6. The molecule has 0 amide bonds. The van der Waals surface area contributed by atoms with Crippen LogP contribution >= 0.6 is 11.6 Å². The Balaban J connectivity index is 0.000000243. The van der Waals surface area contributed by atoms with Gasteiger partial charge in [-0.2, -0.15) is 5.10 Å². The van der Waals surface area contributed by atoms with Gasteiger partial charge in [0.1, 0.15) is 23.0 Å². The topological polar surface area (TPSA) is 260 Å². The molecule has 0 aliphatic carbocycles. The van der Waals surface area contributed by atoms with E-state index in [0.717, 1.165) is 24.3 Å². The maximum atomic E-state index is 13.0. The molecule has 0 saturated carbocycles. The lowest BCUT2D eigenvalue weighted by molar-refractivity contribution is -0.275. The van der Waals surface area contributed by atoms with Crippen molar-refractivity contribution >= 4 is 34.3 Å². The SMILES string of the molecule is C#CCN.CCc1nn2ccc(Cl)cc2c1C(=O)CCc1cn(-c2ccc(OC(F)(F)F)cc2)nn1.NCc1cn(-c2ccc(OC(F)(F)F)cc2)nn1.Nc1ccc(OC(F)(F)F)cc1.[N-]=[N+]=Nc1ccc(OC(F)(F)F)cc1. The molecule has 32 heteroatoms. The molecule has 0 bridgehead atoms. The van der Waals surface area contributed by atoms with Gasteiger partial charge in [0.05, 0.1) is 58.5 Å². The highest BCUT2D eigenvalue weighted by atomic mass is 35.5. The number of ketones is 1. The van der Waals surface area contributed by atoms with E-state index in [2.05, 4.69) is 67.0 Å². The number of hydrogen-bond acceptors (Lipinski definition) is 14. The number of nitrogens with two attached hydrogens (primary N) is 3. The number of aryl methyl sites for hydroxylation is 2. The van der Waals surface area contributed by atoms with E-state index in [0.29, 0.717) is 69.6 Å². The van der Waals surface area contributed by atoms with Gasteiger partial charge in [-0.15, -0.1) is 69.3 Å². The number of terminal acetylenes is 1. The van der Waals surface area contributed by atoms with Crippen molar-refractivity contribution in [1.29, 1.82) is 0 Å². The number of alkyl halides is 12. The minimum Gasteiger partial charge on any atom is -0.406 e. The molecule has 0 aliphatic heterocycles. The van der Waals surface area contributed by atoms with E-state index in [4.69, 9.17) is 34.3 Å². The number of fused-ring (bicyclic) bond motifs is 1. The number of ether oxygens (including phenoxy) is 4. The number of rotatable bonds is 13. The van der Waals surface area contributed by atoms with Crippen molar-refractivity contribution in [3.8, 4) is 46.7 Å². The molecule has 4 heterocycles. The molecule has 0 saturated heterocycles. The second-order valence-electron chi connectivity index (χ2n) is 15.1. The van der Waals surface area contributed by atoms with Crippen LogP contribution in [0.15, 0.2) is 133 Å². The quantitative estimate of drug-likeness (QED) is 0.0185. The Morgan fingerprint density at radius 1 is 0.688 bits per heavy atom. The van der Waals surface area contributed by atoms with Crippen LogP contribution in [0.1, 0.15) is 40.8 Å². The summed E-state index contributed by atoms with van der Waals surface area (Å²) in [5, 5.41) is 23.7. The lowest BCUT2D eigenvalue weighted by Crippen LogP contribution is -2.17. The molecule has 0 fully saturated rings. The van der Waals surface area contributed by atoms with Crippen LogP contribution in [0.5, 0.6) is 23.0 Å². The molecular formula is C48H41ClF12N14O5. The highest BCUT2D eigenvalue weighted by molar-refractivity contribution is 6.31. The van der Waals surface area contributed by atoms with Crippen molar-refractivity contribution in [2.75, 3.05) is 12.3 Å². The third-order valence-electron chi connectivity index (χ3n) is 9.31. The number of carbonyl (C=O) groups excluding carboxylic acids is 1. The molecule has 0 aliphatic rings. The van der Waals surface area contributed by atoms with Crippen LogP contribution in [-0.2, 0) is 19.4 Å². The number of hydrogen-bond donors (Lipinski definition) is 3. The number of pyridine rings is 1. The van der Waals surface area contributed by atoms with Gasteiger partial charge in [0.2, 0.25) is 0 Å². The van der Waals surface area contributed by atoms with Crippen molar-refractivity contribution in [3.63, 3.8) is 0 Å². The van der Waals surface area contributed by atoms with Gasteiger partial charge < -0.3 is 36.1 Å². The number of Topliss-reactive ketones (excluding diaryl/α,β-unsaturated/α-hetero) is 1. The fraction of sp³-hybridized carbons (Fsp3) is 0.208. The molecule has 6 N–H and O–H groups in total. The molecule has 4 aromatic carbocycles. The summed E-state index contributed by atoms with van der Waals surface area (Å²) in [5.74, 6) is 0.895. The Kier molecular flexibility index (Phi) is 22.9. The predicted octanol–water partition coefficient (Wildman–Crippen LogP) is 11.7. The Morgan fingerprint density at radius 3 is 1.49 bits per heavy atom. The van der Waals surface area contributed by atoms with Crippen molar-refractivity contribution < 1.29 is 76.4 Å². The highest BCUT2D eigenvalue weighted by Crippen LogP contribution is 2.28. The van der Waals surface area contributed by atoms with Gasteiger partial charge in [0.15, 0.2) is 5.78 Å². The molecule has 8 rings (SSSR count). The van der Waals surface area contributed by atoms with Crippen molar-refractivity contribution in [2.45, 2.75) is 58.2 Å². The zero-order valence-corrected chi connectivity index (χ0v) is 41.6. The lowest BCUT2D eigenvalue weighted by atomic mass is 10.0. The van der Waals surface area contributed by atoms with Crippen LogP contribution in [-0.4, -0.2) is 77.4 Å². The number of carbonyl (C=O) groups is 1. The first-order valence-corrected chi connectivity index (χ1v) is 22.6. The standard InChI is InChI=1S/C21H17ClF3N5O2.C10H9F3N4O.C7H4F3N3O.C7H6F3NO.C3H5N/c1-2-17-20(18-11-13(22)9-10-29(18)27-17)19(31)8-3-14-12-30(28-26-14)15-4-6-16(7-5-15)32-21(23,24)25;11-10(12,13)18-9-3-1-8(2-4-9)17-6-7(5-14)15-16-17;8-7(9,10)14-6-3-1-5(2-4-6)12-13-11;8-7(9,10)12-6-3-1-5(11)2-4-6;1-2-3-4/h4-7,9-12H,2-3,8H2,1H3;1-4,6H,5,14H2;1-4H;1-4H,11H2;1H,3-4H2. The molecule has 0 radical (unpaired) electrons. The third-order valence-corrected chi connectivity index (χ3v) is 9.55. The van der Waals surface area contributed by atoms with E-state index in [9.17, 15) is 57.5 Å². The van der Waals surface area contributed by atoms with E-state index >= 15 is 0 Å². The maximum Gasteiger partial charge on any atom is 0.573 e. The van der Waals surface area contributed by atoms with Gasteiger partial charge >= 0.3 is 25.4 Å². The Hall–Kier alpha value is -9.24. The van der Waals surface area contributed by atoms with Gasteiger partial charge in [-0.1, -0.05) is 40.0 Å². The van der Waals surface area contributed by atoms with E-state index in [1.165, 1.54) is 82.2 Å². The largest absolute Gasteiger partial charge is 0.573 e. The molecular weight excluding hydrogens is 1120 g/mol. The zero-order valence-electron chi connectivity index (χ0n) is 40.8. The van der Waals surface area contributed by atoms with E-state index in [1.54, 1.807) is 35.2 Å². The van der Waals surface area contributed by atoms with Crippen molar-refractivity contribution in [2.24, 2.45) is 16.6 Å². The van der Waals surface area contributed by atoms with Gasteiger partial charge in [-0.05, 0) is 121 Å². The Morgan fingerprint density at radius 2 is 1.10 bits per heavy atom. The summed E-state index contributed by atoms with van der Waals surface area (Å²) in [5.41, 5.74) is 28.2. The summed E-state index contributed by atoms with van der Waals surface area (Å²) in [7, 11) is 0. The first-order chi connectivity index (χ1) is 37.6. The molecule has 80 heavy (non-hydrogen) atoms. The molecule has 0 unspecified atom stereocenters. The van der Waals surface area contributed by atoms with Crippen LogP contribution < -0.4 is 36.1 Å². The van der Waals surface area contributed by atoms with Gasteiger partial charge in [-0.3, -0.25) is 4.79 Å². The van der Waals surface area contributed by atoms with E-state index in [1.807, 2.05) is 6.92 Å². The van der Waals surface area contributed by atoms with Crippen molar-refractivity contribution in [3.05, 3.63) is 166 Å². The first-order valence-electron chi connectivity index (χ1n) is 22.2. The lowest BCUT2D eigenvalue weighted by Gasteiger charge is -2.09. The number of halogens is 13. The summed E-state index contributed by atoms with van der Waals surface area (Å²) in [6, 6.07) is 23.5. The summed E-state index contributed by atoms with van der Waals surface area (Å²) in [6.45, 7) is 2.52. The Labute approximate surface area is 448 Å². The molecule has 0 spiro atoms. The zero-order chi connectivity index (χ0) is 59.3. The van der Waals surface area contributed by atoms with Crippen LogP contribution in [0.3, 0.4) is 0 Å². The monoisotopic (exact) mass is 1160 g/mol. The normalized spacial score (nSPS) is 11.1. The van der Waals surface area contributed by atoms with Crippen LogP contribution in [0.25, 0.3) is 27.3 Å². The molecule has 0 atom stereocenters. The van der Waals surface area contributed by atoms with E-state index in [-0.39, 0.29) is 47.4 Å². The minimum absolute atomic E-state index is 0.0812. The average molecular weight is 1160 g/mol. The summed E-state index contributed by atoms with van der Waals surface area (Å²) < 4.78 is 162. The van der Waals surface area contributed by atoms with Crippen LogP contribution in [0, 0.1) is 12.3 Å². The predicted molar refractivity (Wildman–Crippen MR) is 264 cm³/mol. The number of azide groups is 1. The molecule has 424 valence electrons. The second kappa shape index (κ2) is 28.9. The smallest absolute Gasteiger partial charge is 0.406 e. The Bertz CT molecular complexity index is 3300. The maximum absolute atomic E-state index is 13.0. The van der Waals surface area contributed by atoms with Crippen LogP contribution in [0.4, 0.5) is 64.1 Å². The molecule has 19 nitrogen and oxygen atoms in total. The van der Waals surface area contributed by atoms with E-state index < -0.39 is 25.4 Å². The highest BCUT2D eigenvalue weighted by Gasteiger charge is 2.33. The fourth-order valence-electron chi connectivity index (χ4n) is 6.08. The number of benzene rings is 4. The van der Waals surface area contributed by atoms with Gasteiger partial charge in [0.25, 0.3) is 0 Å². The minimum atomic E-state index is -4.75. The van der Waals surface area contributed by atoms with Gasteiger partial charge in [0, 0.05) is 46.9 Å². The summed E-state index contributed by atoms with van der Waals surface area (Å²) in [6.07, 6.45) is -8.07. The molecule has 4 aromatic heterocycles. The summed E-state index contributed by atoms with van der Waals surface area (Å²) >= 11 is 6.09. The van der Waals surface area contributed by atoms with Gasteiger partial charge in [-0.25, -0.2) is 13.9 Å².